The molecule has 0 radical (unpaired) electrons. The molecule has 2 amide bonds. The standard InChI is InChI=1S/C24H31N3O3/c1-20(24(29)25-12-13-26-14-16-30-17-15-26)27(19-22-10-6-3-7-11-22)23(28)18-21-8-4-2-5-9-21/h2-11,20H,12-19H2,1H3,(H,25,29)/t20-/m0/s1. The third-order valence-electron chi connectivity index (χ3n) is 5.39. The maximum absolute atomic E-state index is 13.1. The second kappa shape index (κ2) is 11.5. The quantitative estimate of drug-likeness (QED) is 0.689. The van der Waals surface area contributed by atoms with Gasteiger partial charge >= 0.3 is 0 Å². The molecule has 0 bridgehead atoms. The Bertz CT molecular complexity index is 792. The van der Waals surface area contributed by atoms with Gasteiger partial charge in [0.1, 0.15) is 6.04 Å². The topological polar surface area (TPSA) is 61.9 Å². The number of amides is 2. The zero-order chi connectivity index (χ0) is 21.2. The van der Waals surface area contributed by atoms with Crippen LogP contribution in [-0.4, -0.2) is 67.0 Å². The Labute approximate surface area is 178 Å². The molecule has 0 aromatic heterocycles. The summed E-state index contributed by atoms with van der Waals surface area (Å²) < 4.78 is 5.36. The summed E-state index contributed by atoms with van der Waals surface area (Å²) in [5.41, 5.74) is 1.95. The van der Waals surface area contributed by atoms with E-state index in [1.165, 1.54) is 0 Å². The molecule has 1 atom stereocenters. The van der Waals surface area contributed by atoms with Crippen molar-refractivity contribution in [3.63, 3.8) is 0 Å². The number of benzene rings is 2. The monoisotopic (exact) mass is 409 g/mol. The molecule has 1 fully saturated rings. The average Bonchev–Trinajstić information content (AvgIpc) is 2.79. The van der Waals surface area contributed by atoms with Crippen molar-refractivity contribution in [2.24, 2.45) is 0 Å². The number of carbonyl (C=O) groups is 2. The molecule has 1 saturated heterocycles. The van der Waals surface area contributed by atoms with Gasteiger partial charge in [-0.3, -0.25) is 14.5 Å². The van der Waals surface area contributed by atoms with Gasteiger partial charge in [-0.25, -0.2) is 0 Å². The van der Waals surface area contributed by atoms with Crippen LogP contribution < -0.4 is 5.32 Å². The van der Waals surface area contributed by atoms with Crippen molar-refractivity contribution in [2.45, 2.75) is 25.9 Å². The summed E-state index contributed by atoms with van der Waals surface area (Å²) >= 11 is 0. The van der Waals surface area contributed by atoms with Crippen LogP contribution in [0.25, 0.3) is 0 Å². The van der Waals surface area contributed by atoms with Crippen molar-refractivity contribution >= 4 is 11.8 Å². The Hall–Kier alpha value is -2.70. The Balaban J connectivity index is 1.61. The molecule has 6 heteroatoms. The highest BCUT2D eigenvalue weighted by atomic mass is 16.5. The van der Waals surface area contributed by atoms with Gasteiger partial charge in [0.05, 0.1) is 19.6 Å². The molecular formula is C24H31N3O3. The Morgan fingerprint density at radius 3 is 2.23 bits per heavy atom. The molecule has 6 nitrogen and oxygen atoms in total. The van der Waals surface area contributed by atoms with Crippen molar-refractivity contribution in [1.29, 1.82) is 0 Å². The minimum absolute atomic E-state index is 0.0547. The Kier molecular flexibility index (Phi) is 8.41. The first-order valence-corrected chi connectivity index (χ1v) is 10.6. The van der Waals surface area contributed by atoms with Gasteiger partial charge in [-0.1, -0.05) is 60.7 Å². The van der Waals surface area contributed by atoms with Crippen LogP contribution in [0.2, 0.25) is 0 Å². The van der Waals surface area contributed by atoms with Gasteiger partial charge in [0, 0.05) is 32.7 Å². The molecule has 1 heterocycles. The van der Waals surface area contributed by atoms with Gasteiger partial charge in [-0.15, -0.1) is 0 Å². The summed E-state index contributed by atoms with van der Waals surface area (Å²) in [6.45, 7) is 6.82. The lowest BCUT2D eigenvalue weighted by Gasteiger charge is -2.30. The first-order valence-electron chi connectivity index (χ1n) is 10.6. The Morgan fingerprint density at radius 1 is 1.00 bits per heavy atom. The number of rotatable bonds is 9. The first-order chi connectivity index (χ1) is 14.6. The van der Waals surface area contributed by atoms with Crippen molar-refractivity contribution in [3.8, 4) is 0 Å². The number of hydrogen-bond acceptors (Lipinski definition) is 4. The number of hydrogen-bond donors (Lipinski definition) is 1. The summed E-state index contributed by atoms with van der Waals surface area (Å²) in [6, 6.07) is 18.9. The smallest absolute Gasteiger partial charge is 0.242 e. The fourth-order valence-electron chi connectivity index (χ4n) is 3.54. The fraction of sp³-hybridized carbons (Fsp3) is 0.417. The molecule has 0 spiro atoms. The maximum atomic E-state index is 13.1. The number of nitrogens with one attached hydrogen (secondary N) is 1. The molecule has 2 aromatic rings. The molecular weight excluding hydrogens is 378 g/mol. The molecule has 30 heavy (non-hydrogen) atoms. The van der Waals surface area contributed by atoms with Crippen molar-refractivity contribution in [2.75, 3.05) is 39.4 Å². The van der Waals surface area contributed by atoms with Gasteiger partial charge < -0.3 is 15.0 Å². The van der Waals surface area contributed by atoms with E-state index >= 15 is 0 Å². The normalized spacial score (nSPS) is 15.4. The van der Waals surface area contributed by atoms with Gasteiger partial charge in [0.25, 0.3) is 0 Å². The third kappa shape index (κ3) is 6.68. The molecule has 3 rings (SSSR count). The van der Waals surface area contributed by atoms with E-state index in [9.17, 15) is 9.59 Å². The summed E-state index contributed by atoms with van der Waals surface area (Å²) in [6.07, 6.45) is 0.277. The van der Waals surface area contributed by atoms with E-state index in [1.54, 1.807) is 11.8 Å². The minimum atomic E-state index is -0.550. The molecule has 1 N–H and O–H groups in total. The molecule has 160 valence electrons. The van der Waals surface area contributed by atoms with Crippen LogP contribution >= 0.6 is 0 Å². The molecule has 1 aliphatic heterocycles. The molecule has 0 aliphatic carbocycles. The molecule has 0 unspecified atom stereocenters. The van der Waals surface area contributed by atoms with Crippen molar-refractivity contribution < 1.29 is 14.3 Å². The highest BCUT2D eigenvalue weighted by Gasteiger charge is 2.26. The van der Waals surface area contributed by atoms with E-state index in [-0.39, 0.29) is 18.2 Å². The highest BCUT2D eigenvalue weighted by Crippen LogP contribution is 2.12. The zero-order valence-corrected chi connectivity index (χ0v) is 17.6. The lowest BCUT2D eigenvalue weighted by Crippen LogP contribution is -2.49. The van der Waals surface area contributed by atoms with E-state index in [0.717, 1.165) is 44.0 Å². The second-order valence-corrected chi connectivity index (χ2v) is 7.59. The number of ether oxygens (including phenoxy) is 1. The van der Waals surface area contributed by atoms with Crippen LogP contribution in [0.5, 0.6) is 0 Å². The average molecular weight is 410 g/mol. The van der Waals surface area contributed by atoms with Crippen molar-refractivity contribution in [3.05, 3.63) is 71.8 Å². The summed E-state index contributed by atoms with van der Waals surface area (Å²) in [5.74, 6) is -0.179. The third-order valence-corrected chi connectivity index (χ3v) is 5.39. The van der Waals surface area contributed by atoms with Crippen LogP contribution in [0, 0.1) is 0 Å². The number of nitrogens with zero attached hydrogens (tertiary/aromatic N) is 2. The highest BCUT2D eigenvalue weighted by molar-refractivity contribution is 5.88. The van der Waals surface area contributed by atoms with Crippen molar-refractivity contribution in [1.82, 2.24) is 15.1 Å². The second-order valence-electron chi connectivity index (χ2n) is 7.59. The Morgan fingerprint density at radius 2 is 1.60 bits per heavy atom. The van der Waals surface area contributed by atoms with Crippen LogP contribution in [0.1, 0.15) is 18.1 Å². The van der Waals surface area contributed by atoms with Crippen LogP contribution in [-0.2, 0) is 27.3 Å². The van der Waals surface area contributed by atoms with Crippen LogP contribution in [0.3, 0.4) is 0 Å². The van der Waals surface area contributed by atoms with Gasteiger partial charge in [0.2, 0.25) is 11.8 Å². The molecule has 2 aromatic carbocycles. The largest absolute Gasteiger partial charge is 0.379 e. The SMILES string of the molecule is C[C@@H](C(=O)NCCN1CCOCC1)N(Cc1ccccc1)C(=O)Cc1ccccc1. The lowest BCUT2D eigenvalue weighted by atomic mass is 10.1. The van der Waals surface area contributed by atoms with Crippen LogP contribution in [0.4, 0.5) is 0 Å². The molecule has 0 saturated carbocycles. The summed E-state index contributed by atoms with van der Waals surface area (Å²) in [4.78, 5) is 29.9. The van der Waals surface area contributed by atoms with E-state index in [2.05, 4.69) is 10.2 Å². The predicted octanol–water partition coefficient (Wildman–Crippen LogP) is 2.09. The fourth-order valence-corrected chi connectivity index (χ4v) is 3.54. The summed E-state index contributed by atoms with van der Waals surface area (Å²) in [7, 11) is 0. The molecule has 1 aliphatic rings. The van der Waals surface area contributed by atoms with E-state index in [1.807, 2.05) is 60.7 Å². The predicted molar refractivity (Wildman–Crippen MR) is 117 cm³/mol. The maximum Gasteiger partial charge on any atom is 0.242 e. The first kappa shape index (κ1) is 22.0. The van der Waals surface area contributed by atoms with Gasteiger partial charge in [-0.05, 0) is 18.1 Å². The number of morpholine rings is 1. The number of carbonyl (C=O) groups excluding carboxylic acids is 2. The summed E-state index contributed by atoms with van der Waals surface area (Å²) in [5, 5.41) is 3.00. The lowest BCUT2D eigenvalue weighted by molar-refractivity contribution is -0.140. The zero-order valence-electron chi connectivity index (χ0n) is 17.6. The van der Waals surface area contributed by atoms with Crippen LogP contribution in [0.15, 0.2) is 60.7 Å². The van der Waals surface area contributed by atoms with Gasteiger partial charge in [0.15, 0.2) is 0 Å². The minimum Gasteiger partial charge on any atom is -0.379 e. The van der Waals surface area contributed by atoms with E-state index in [4.69, 9.17) is 4.74 Å². The van der Waals surface area contributed by atoms with Gasteiger partial charge in [-0.2, -0.15) is 0 Å². The van der Waals surface area contributed by atoms with E-state index < -0.39 is 6.04 Å². The van der Waals surface area contributed by atoms with E-state index in [0.29, 0.717) is 13.1 Å².